The van der Waals surface area contributed by atoms with Crippen LogP contribution >= 0.6 is 0 Å². The Morgan fingerprint density at radius 2 is 2.03 bits per heavy atom. The van der Waals surface area contributed by atoms with Gasteiger partial charge in [-0.15, -0.1) is 0 Å². The molecule has 29 heavy (non-hydrogen) atoms. The second-order valence-electron chi connectivity index (χ2n) is 8.16. The van der Waals surface area contributed by atoms with E-state index in [1.807, 2.05) is 20.0 Å². The van der Waals surface area contributed by atoms with Gasteiger partial charge in [-0.3, -0.25) is 9.88 Å². The molecule has 1 saturated heterocycles. The van der Waals surface area contributed by atoms with Crippen molar-refractivity contribution in [1.82, 2.24) is 20.0 Å². The molecule has 1 fully saturated rings. The summed E-state index contributed by atoms with van der Waals surface area (Å²) < 4.78 is 5.32. The molecule has 5 heteroatoms. The molecule has 4 aromatic rings. The highest BCUT2D eigenvalue weighted by molar-refractivity contribution is 5.82. The predicted molar refractivity (Wildman–Crippen MR) is 115 cm³/mol. The van der Waals surface area contributed by atoms with Crippen LogP contribution in [0.1, 0.15) is 29.1 Å². The number of likely N-dealkylation sites (tertiary alicyclic amines) is 1. The first-order valence-corrected chi connectivity index (χ1v) is 10.3. The second-order valence-corrected chi connectivity index (χ2v) is 8.16. The van der Waals surface area contributed by atoms with E-state index in [2.05, 4.69) is 57.5 Å². The minimum Gasteiger partial charge on any atom is -0.361 e. The number of nitrogens with one attached hydrogen (secondary N) is 1. The normalized spacial score (nSPS) is 17.4. The molecule has 1 aliphatic rings. The van der Waals surface area contributed by atoms with Crippen molar-refractivity contribution in [3.05, 3.63) is 71.4 Å². The molecule has 0 radical (unpaired) electrons. The molecule has 4 heterocycles. The van der Waals surface area contributed by atoms with Crippen LogP contribution in [0.5, 0.6) is 0 Å². The monoisotopic (exact) mass is 386 g/mol. The fraction of sp³-hybridized carbons (Fsp3) is 0.333. The summed E-state index contributed by atoms with van der Waals surface area (Å²) in [7, 11) is 0. The zero-order valence-electron chi connectivity index (χ0n) is 17.0. The van der Waals surface area contributed by atoms with E-state index in [1.165, 1.54) is 22.9 Å². The third-order valence-corrected chi connectivity index (χ3v) is 6.04. The van der Waals surface area contributed by atoms with Crippen molar-refractivity contribution < 1.29 is 4.52 Å². The molecule has 3 aromatic heterocycles. The van der Waals surface area contributed by atoms with Crippen molar-refractivity contribution in [2.75, 3.05) is 13.1 Å². The van der Waals surface area contributed by atoms with Gasteiger partial charge in [0.15, 0.2) is 0 Å². The molecular formula is C24H26N4O. The van der Waals surface area contributed by atoms with Crippen LogP contribution in [0.25, 0.3) is 22.2 Å². The predicted octanol–water partition coefficient (Wildman–Crippen LogP) is 4.90. The Hall–Kier alpha value is -2.92. The summed E-state index contributed by atoms with van der Waals surface area (Å²) in [6.45, 7) is 7.20. The van der Waals surface area contributed by atoms with Gasteiger partial charge >= 0.3 is 0 Å². The Morgan fingerprint density at radius 1 is 1.14 bits per heavy atom. The fourth-order valence-electron chi connectivity index (χ4n) is 4.63. The molecule has 5 nitrogen and oxygen atoms in total. The number of aromatic nitrogens is 3. The summed E-state index contributed by atoms with van der Waals surface area (Å²) >= 11 is 0. The summed E-state index contributed by atoms with van der Waals surface area (Å²) in [5, 5.41) is 5.41. The van der Waals surface area contributed by atoms with E-state index >= 15 is 0 Å². The molecule has 0 aliphatic carbocycles. The molecule has 1 aliphatic heterocycles. The van der Waals surface area contributed by atoms with Crippen LogP contribution in [0.3, 0.4) is 0 Å². The van der Waals surface area contributed by atoms with E-state index in [0.717, 1.165) is 54.5 Å². The van der Waals surface area contributed by atoms with Gasteiger partial charge in [0, 0.05) is 35.9 Å². The maximum atomic E-state index is 5.32. The lowest BCUT2D eigenvalue weighted by Crippen LogP contribution is -2.20. The SMILES string of the molecule is Cc1noc(C)c1-c1cccc(CC2CCN(Cc3cccc4[nH]ccc34)C2)n1. The molecule has 1 unspecified atom stereocenters. The lowest BCUT2D eigenvalue weighted by molar-refractivity contribution is 0.317. The van der Waals surface area contributed by atoms with Crippen molar-refractivity contribution in [2.24, 2.45) is 5.92 Å². The molecule has 148 valence electrons. The highest BCUT2D eigenvalue weighted by atomic mass is 16.5. The summed E-state index contributed by atoms with van der Waals surface area (Å²) in [5.74, 6) is 1.48. The molecule has 0 spiro atoms. The molecule has 1 aromatic carbocycles. The van der Waals surface area contributed by atoms with Crippen LogP contribution in [0.2, 0.25) is 0 Å². The van der Waals surface area contributed by atoms with E-state index in [1.54, 1.807) is 0 Å². The number of aryl methyl sites for hydroxylation is 2. The van der Waals surface area contributed by atoms with E-state index in [-0.39, 0.29) is 0 Å². The van der Waals surface area contributed by atoms with Crippen LogP contribution in [0.4, 0.5) is 0 Å². The maximum absolute atomic E-state index is 5.32. The molecule has 1 N–H and O–H groups in total. The molecule has 0 bridgehead atoms. The van der Waals surface area contributed by atoms with Crippen LogP contribution in [-0.4, -0.2) is 33.1 Å². The Morgan fingerprint density at radius 3 is 2.90 bits per heavy atom. The van der Waals surface area contributed by atoms with Gasteiger partial charge in [0.1, 0.15) is 5.76 Å². The van der Waals surface area contributed by atoms with Gasteiger partial charge in [-0.05, 0) is 69.0 Å². The van der Waals surface area contributed by atoms with Crippen molar-refractivity contribution in [3.8, 4) is 11.3 Å². The average molecular weight is 386 g/mol. The minimum atomic E-state index is 0.646. The van der Waals surface area contributed by atoms with Gasteiger partial charge in [-0.1, -0.05) is 23.4 Å². The van der Waals surface area contributed by atoms with Gasteiger partial charge in [0.05, 0.1) is 17.0 Å². The number of aromatic amines is 1. The summed E-state index contributed by atoms with van der Waals surface area (Å²) in [4.78, 5) is 10.8. The van der Waals surface area contributed by atoms with E-state index in [9.17, 15) is 0 Å². The molecular weight excluding hydrogens is 360 g/mol. The Labute approximate surface area is 170 Å². The van der Waals surface area contributed by atoms with E-state index in [0.29, 0.717) is 5.92 Å². The summed E-state index contributed by atoms with van der Waals surface area (Å²) in [6, 6.07) is 15.0. The molecule has 5 rings (SSSR count). The fourth-order valence-corrected chi connectivity index (χ4v) is 4.63. The first-order chi connectivity index (χ1) is 14.2. The van der Waals surface area contributed by atoms with Crippen LogP contribution in [0.15, 0.2) is 53.2 Å². The minimum absolute atomic E-state index is 0.646. The lowest BCUT2D eigenvalue weighted by Gasteiger charge is -2.17. The summed E-state index contributed by atoms with van der Waals surface area (Å²) in [5.41, 5.74) is 6.67. The van der Waals surface area contributed by atoms with Gasteiger partial charge in [-0.2, -0.15) is 0 Å². The lowest BCUT2D eigenvalue weighted by atomic mass is 10.0. The van der Waals surface area contributed by atoms with E-state index < -0.39 is 0 Å². The Bertz CT molecular complexity index is 1120. The van der Waals surface area contributed by atoms with Crippen LogP contribution in [-0.2, 0) is 13.0 Å². The topological polar surface area (TPSA) is 58.0 Å². The number of H-pyrrole nitrogens is 1. The third-order valence-electron chi connectivity index (χ3n) is 6.04. The number of benzene rings is 1. The number of hydrogen-bond donors (Lipinski definition) is 1. The number of hydrogen-bond acceptors (Lipinski definition) is 4. The molecule has 0 saturated carbocycles. The highest BCUT2D eigenvalue weighted by Gasteiger charge is 2.24. The number of pyridine rings is 1. The van der Waals surface area contributed by atoms with E-state index in [4.69, 9.17) is 9.51 Å². The largest absolute Gasteiger partial charge is 0.361 e. The number of fused-ring (bicyclic) bond motifs is 1. The van der Waals surface area contributed by atoms with Crippen LogP contribution < -0.4 is 0 Å². The first kappa shape index (κ1) is 18.1. The second kappa shape index (κ2) is 7.48. The average Bonchev–Trinajstić information content (AvgIpc) is 3.43. The van der Waals surface area contributed by atoms with Crippen molar-refractivity contribution >= 4 is 10.9 Å². The quantitative estimate of drug-likeness (QED) is 0.530. The van der Waals surface area contributed by atoms with Crippen molar-refractivity contribution in [1.29, 1.82) is 0 Å². The maximum Gasteiger partial charge on any atom is 0.143 e. The Balaban J connectivity index is 1.27. The molecule has 1 atom stereocenters. The highest BCUT2D eigenvalue weighted by Crippen LogP contribution is 2.28. The smallest absolute Gasteiger partial charge is 0.143 e. The molecule has 0 amide bonds. The zero-order chi connectivity index (χ0) is 19.8. The van der Waals surface area contributed by atoms with Gasteiger partial charge in [0.25, 0.3) is 0 Å². The zero-order valence-corrected chi connectivity index (χ0v) is 17.0. The summed E-state index contributed by atoms with van der Waals surface area (Å²) in [6.07, 6.45) is 4.26. The van der Waals surface area contributed by atoms with Crippen molar-refractivity contribution in [3.63, 3.8) is 0 Å². The van der Waals surface area contributed by atoms with Gasteiger partial charge < -0.3 is 9.51 Å². The van der Waals surface area contributed by atoms with Gasteiger partial charge in [0.2, 0.25) is 0 Å². The van der Waals surface area contributed by atoms with Crippen LogP contribution in [0, 0.1) is 19.8 Å². The Kier molecular flexibility index (Phi) is 4.68. The number of nitrogens with zero attached hydrogens (tertiary/aromatic N) is 3. The number of rotatable bonds is 5. The standard InChI is InChI=1S/C24H26N4O/c1-16-24(17(2)29-27-16)23-8-4-6-20(26-23)13-18-10-12-28(14-18)15-19-5-3-7-22-21(19)9-11-25-22/h3-9,11,18,25H,10,12-15H2,1-2H3. The van der Waals surface area contributed by atoms with Crippen molar-refractivity contribution in [2.45, 2.75) is 33.2 Å². The third kappa shape index (κ3) is 3.58. The first-order valence-electron chi connectivity index (χ1n) is 10.3. The van der Waals surface area contributed by atoms with Gasteiger partial charge in [-0.25, -0.2) is 0 Å².